The Kier molecular flexibility index (Phi) is 8.93. The van der Waals surface area contributed by atoms with Crippen molar-refractivity contribution in [3.05, 3.63) is 94.7 Å². The Morgan fingerprint density at radius 1 is 1.02 bits per heavy atom. The molecule has 6 rings (SSSR count). The van der Waals surface area contributed by atoms with E-state index in [1.807, 2.05) is 35.2 Å². The lowest BCUT2D eigenvalue weighted by molar-refractivity contribution is -0.139. The maximum absolute atomic E-state index is 14.2. The number of aromatic nitrogens is 2. The highest BCUT2D eigenvalue weighted by molar-refractivity contribution is 5.93. The molecule has 3 N–H and O–H groups in total. The summed E-state index contributed by atoms with van der Waals surface area (Å²) in [6.45, 7) is 1.51. The standard InChI is InChI=1S/C35H37F3N4O4/c36-35(37,38)30-9-3-8-28(25-4-1-6-27(7-2-5-25)42-32(39)29(20-40-42)34(44)45)31(30)46-21-22-10-12-23(13-11-22)24-16-18-41(19-17-24)33(43)26-14-15-26/h1,3-4,6,8-13,20,24-26H,2,5,7,14-19,21,39H2,(H,44,45). The predicted molar refractivity (Wildman–Crippen MR) is 167 cm³/mol. The molecule has 1 saturated carbocycles. The predicted octanol–water partition coefficient (Wildman–Crippen LogP) is 7.24. The van der Waals surface area contributed by atoms with Crippen LogP contribution in [-0.2, 0) is 17.6 Å². The second kappa shape index (κ2) is 13.1. The van der Waals surface area contributed by atoms with Gasteiger partial charge < -0.3 is 20.5 Å². The molecular weight excluding hydrogens is 597 g/mol. The number of hydrogen-bond acceptors (Lipinski definition) is 5. The molecule has 11 heteroatoms. The number of nitrogens with two attached hydrogens (primary N) is 1. The number of piperidine rings is 1. The number of benzene rings is 2. The Hall–Kier alpha value is -4.54. The molecule has 8 nitrogen and oxygen atoms in total. The van der Waals surface area contributed by atoms with E-state index in [1.165, 1.54) is 22.5 Å². The summed E-state index contributed by atoms with van der Waals surface area (Å²) in [6, 6.07) is 12.0. The third-order valence-corrected chi connectivity index (χ3v) is 9.21. The number of amides is 1. The lowest BCUT2D eigenvalue weighted by Gasteiger charge is -2.32. The number of anilines is 1. The quantitative estimate of drug-likeness (QED) is 0.270. The molecule has 1 aromatic heterocycles. The number of allylic oxidation sites excluding steroid dienone is 4. The fourth-order valence-electron chi connectivity index (χ4n) is 6.47. The number of carbonyl (C=O) groups excluding carboxylic acids is 1. The van der Waals surface area contributed by atoms with Crippen LogP contribution in [0.25, 0.3) is 5.70 Å². The number of para-hydroxylation sites is 1. The average molecular weight is 635 g/mol. The summed E-state index contributed by atoms with van der Waals surface area (Å²) < 4.78 is 49.9. The molecule has 0 radical (unpaired) electrons. The summed E-state index contributed by atoms with van der Waals surface area (Å²) in [5.74, 6) is -0.784. The minimum atomic E-state index is -4.59. The Morgan fingerprint density at radius 3 is 2.41 bits per heavy atom. The van der Waals surface area contributed by atoms with E-state index in [1.54, 1.807) is 18.2 Å². The van der Waals surface area contributed by atoms with Crippen molar-refractivity contribution in [1.82, 2.24) is 14.7 Å². The summed E-state index contributed by atoms with van der Waals surface area (Å²) in [6.07, 6.45) is 7.41. The zero-order chi connectivity index (χ0) is 32.4. The number of alkyl halides is 3. The van der Waals surface area contributed by atoms with Gasteiger partial charge >= 0.3 is 12.1 Å². The lowest BCUT2D eigenvalue weighted by Crippen LogP contribution is -2.38. The van der Waals surface area contributed by atoms with Crippen LogP contribution < -0.4 is 10.5 Å². The molecule has 2 fully saturated rings. The molecule has 46 heavy (non-hydrogen) atoms. The number of ether oxygens (including phenoxy) is 1. The van der Waals surface area contributed by atoms with Gasteiger partial charge in [0.05, 0.1) is 11.8 Å². The van der Waals surface area contributed by atoms with E-state index in [0.29, 0.717) is 36.4 Å². The first-order chi connectivity index (χ1) is 22.1. The monoisotopic (exact) mass is 634 g/mol. The van der Waals surface area contributed by atoms with Gasteiger partial charge in [0.1, 0.15) is 23.7 Å². The number of hydrogen-bond donors (Lipinski definition) is 2. The minimum absolute atomic E-state index is 0.0142. The van der Waals surface area contributed by atoms with Crippen molar-refractivity contribution in [1.29, 1.82) is 0 Å². The summed E-state index contributed by atoms with van der Waals surface area (Å²) in [4.78, 5) is 25.7. The van der Waals surface area contributed by atoms with Crippen molar-refractivity contribution in [2.45, 2.75) is 69.6 Å². The summed E-state index contributed by atoms with van der Waals surface area (Å²) >= 11 is 0. The van der Waals surface area contributed by atoms with Crippen molar-refractivity contribution in [3.8, 4) is 5.75 Å². The van der Waals surface area contributed by atoms with Gasteiger partial charge in [-0.2, -0.15) is 18.3 Å². The van der Waals surface area contributed by atoms with E-state index in [-0.39, 0.29) is 41.5 Å². The smallest absolute Gasteiger partial charge is 0.419 e. The first kappa shape index (κ1) is 31.4. The number of nitrogen functional groups attached to an aromatic ring is 1. The van der Waals surface area contributed by atoms with Gasteiger partial charge in [-0.15, -0.1) is 0 Å². The van der Waals surface area contributed by atoms with E-state index < -0.39 is 17.7 Å². The van der Waals surface area contributed by atoms with Crippen LogP contribution in [0, 0.1) is 5.92 Å². The highest BCUT2D eigenvalue weighted by atomic mass is 19.4. The Bertz CT molecular complexity index is 1650. The van der Waals surface area contributed by atoms with Crippen LogP contribution in [0.3, 0.4) is 0 Å². The van der Waals surface area contributed by atoms with Crippen LogP contribution in [0.4, 0.5) is 19.0 Å². The zero-order valence-corrected chi connectivity index (χ0v) is 25.4. The van der Waals surface area contributed by atoms with Gasteiger partial charge in [0.15, 0.2) is 0 Å². The second-order valence-corrected chi connectivity index (χ2v) is 12.3. The number of carbonyl (C=O) groups is 2. The third-order valence-electron chi connectivity index (χ3n) is 9.21. The van der Waals surface area contributed by atoms with Gasteiger partial charge in [-0.05, 0) is 74.1 Å². The molecule has 1 atom stereocenters. The number of likely N-dealkylation sites (tertiary alicyclic amines) is 1. The molecular formula is C35H37F3N4O4. The van der Waals surface area contributed by atoms with Crippen LogP contribution >= 0.6 is 0 Å². The molecule has 1 amide bonds. The van der Waals surface area contributed by atoms with Crippen LogP contribution in [0.2, 0.25) is 0 Å². The molecule has 0 bridgehead atoms. The van der Waals surface area contributed by atoms with Gasteiger partial charge in [0.2, 0.25) is 5.91 Å². The normalized spacial score (nSPS) is 19.3. The maximum Gasteiger partial charge on any atom is 0.419 e. The van der Waals surface area contributed by atoms with Crippen molar-refractivity contribution < 1.29 is 32.6 Å². The van der Waals surface area contributed by atoms with Crippen molar-refractivity contribution in [3.63, 3.8) is 0 Å². The molecule has 2 aliphatic carbocycles. The van der Waals surface area contributed by atoms with Gasteiger partial charge in [0.25, 0.3) is 0 Å². The van der Waals surface area contributed by atoms with Crippen LogP contribution in [-0.4, -0.2) is 44.8 Å². The molecule has 1 saturated heterocycles. The SMILES string of the molecule is Nc1c(C(=O)O)cnn1C1=CC=CC(c2cccc(C(F)(F)F)c2OCc2ccc(C3CCN(C(=O)C4CC4)CC3)cc2)CCC1. The summed E-state index contributed by atoms with van der Waals surface area (Å²) in [5.41, 5.74) is 8.18. The Balaban J connectivity index is 1.16. The van der Waals surface area contributed by atoms with Gasteiger partial charge in [0, 0.05) is 36.2 Å². The lowest BCUT2D eigenvalue weighted by atomic mass is 9.88. The first-order valence-electron chi connectivity index (χ1n) is 15.7. The number of carboxylic acids is 1. The van der Waals surface area contributed by atoms with E-state index in [9.17, 15) is 27.9 Å². The number of halogens is 3. The minimum Gasteiger partial charge on any atom is -0.488 e. The largest absolute Gasteiger partial charge is 0.488 e. The fourth-order valence-corrected chi connectivity index (χ4v) is 6.47. The molecule has 2 aromatic carbocycles. The first-order valence-corrected chi connectivity index (χ1v) is 15.7. The Labute approximate surface area is 265 Å². The highest BCUT2D eigenvalue weighted by Crippen LogP contribution is 2.43. The molecule has 2 heterocycles. The number of nitrogens with zero attached hydrogens (tertiary/aromatic N) is 3. The van der Waals surface area contributed by atoms with Gasteiger partial charge in [-0.1, -0.05) is 48.6 Å². The maximum atomic E-state index is 14.2. The van der Waals surface area contributed by atoms with Gasteiger partial charge in [-0.25, -0.2) is 9.48 Å². The number of aromatic carboxylic acids is 1. The van der Waals surface area contributed by atoms with Crippen LogP contribution in [0.5, 0.6) is 5.75 Å². The summed E-state index contributed by atoms with van der Waals surface area (Å²) in [7, 11) is 0. The van der Waals surface area contributed by atoms with Crippen molar-refractivity contribution >= 4 is 23.4 Å². The van der Waals surface area contributed by atoms with Crippen molar-refractivity contribution in [2.75, 3.05) is 18.8 Å². The highest BCUT2D eigenvalue weighted by Gasteiger charge is 2.37. The summed E-state index contributed by atoms with van der Waals surface area (Å²) in [5, 5.41) is 13.4. The van der Waals surface area contributed by atoms with E-state index in [4.69, 9.17) is 10.5 Å². The molecule has 242 valence electrons. The number of rotatable bonds is 8. The number of carboxylic acid groups (broad SMARTS) is 1. The molecule has 1 unspecified atom stereocenters. The third kappa shape index (κ3) is 6.83. The van der Waals surface area contributed by atoms with E-state index >= 15 is 0 Å². The topological polar surface area (TPSA) is 111 Å². The van der Waals surface area contributed by atoms with E-state index in [2.05, 4.69) is 5.10 Å². The van der Waals surface area contributed by atoms with Gasteiger partial charge in [-0.3, -0.25) is 4.79 Å². The molecule has 3 aromatic rings. The molecule has 3 aliphatic rings. The average Bonchev–Trinajstić information content (AvgIpc) is 3.81. The zero-order valence-electron chi connectivity index (χ0n) is 25.4. The molecule has 1 aliphatic heterocycles. The van der Waals surface area contributed by atoms with Crippen LogP contribution in [0.15, 0.2) is 66.9 Å². The second-order valence-electron chi connectivity index (χ2n) is 12.3. The Morgan fingerprint density at radius 2 is 1.76 bits per heavy atom. The van der Waals surface area contributed by atoms with Crippen LogP contribution in [0.1, 0.15) is 89.4 Å². The fraction of sp³-hybridized carbons (Fsp3) is 0.400. The van der Waals surface area contributed by atoms with Crippen molar-refractivity contribution in [2.24, 2.45) is 5.92 Å². The molecule has 0 spiro atoms. The van der Waals surface area contributed by atoms with E-state index in [0.717, 1.165) is 50.4 Å².